The highest BCUT2D eigenvalue weighted by molar-refractivity contribution is 5.97. The van der Waals surface area contributed by atoms with E-state index in [0.29, 0.717) is 30.8 Å². The molecule has 2 amide bonds. The lowest BCUT2D eigenvalue weighted by Crippen LogP contribution is -2.30. The Balaban J connectivity index is 0.00000338. The number of nitrogens with two attached hydrogens (primary N) is 1. The normalized spacial score (nSPS) is 9.92. The predicted octanol–water partition coefficient (Wildman–Crippen LogP) is 3.15. The van der Waals surface area contributed by atoms with E-state index in [1.807, 2.05) is 38.1 Å². The Kier molecular flexibility index (Phi) is 8.65. The summed E-state index contributed by atoms with van der Waals surface area (Å²) < 4.78 is 0. The van der Waals surface area contributed by atoms with E-state index < -0.39 is 0 Å². The lowest BCUT2D eigenvalue weighted by molar-refractivity contribution is 0.0772. The molecule has 2 rings (SSSR count). The highest BCUT2D eigenvalue weighted by atomic mass is 35.5. The number of nitrogen functional groups attached to an aromatic ring is 1. The molecule has 0 saturated heterocycles. The van der Waals surface area contributed by atoms with Crippen LogP contribution in [-0.4, -0.2) is 36.3 Å². The summed E-state index contributed by atoms with van der Waals surface area (Å²) in [6, 6.07) is 14.4. The molecule has 26 heavy (non-hydrogen) atoms. The van der Waals surface area contributed by atoms with Crippen molar-refractivity contribution >= 4 is 29.9 Å². The quantitative estimate of drug-likeness (QED) is 0.730. The van der Waals surface area contributed by atoms with Gasteiger partial charge in [-0.3, -0.25) is 9.59 Å². The van der Waals surface area contributed by atoms with Crippen LogP contribution < -0.4 is 11.1 Å². The second-order valence-electron chi connectivity index (χ2n) is 5.80. The van der Waals surface area contributed by atoms with Crippen LogP contribution in [0.3, 0.4) is 0 Å². The van der Waals surface area contributed by atoms with Gasteiger partial charge in [0.15, 0.2) is 0 Å². The van der Waals surface area contributed by atoms with Crippen LogP contribution >= 0.6 is 12.4 Å². The Labute approximate surface area is 161 Å². The summed E-state index contributed by atoms with van der Waals surface area (Å²) in [5.74, 6) is -0.155. The van der Waals surface area contributed by atoms with Crippen molar-refractivity contribution in [3.05, 3.63) is 65.2 Å². The minimum Gasteiger partial charge on any atom is -0.399 e. The highest BCUT2D eigenvalue weighted by Gasteiger charge is 2.13. The van der Waals surface area contributed by atoms with Crippen molar-refractivity contribution in [1.29, 1.82) is 0 Å². The first-order chi connectivity index (χ1) is 12.0. The molecule has 6 heteroatoms. The van der Waals surface area contributed by atoms with Gasteiger partial charge in [0, 0.05) is 36.4 Å². The van der Waals surface area contributed by atoms with Gasteiger partial charge < -0.3 is 16.0 Å². The second-order valence-corrected chi connectivity index (χ2v) is 5.80. The van der Waals surface area contributed by atoms with Crippen LogP contribution in [0.1, 0.15) is 40.1 Å². The fourth-order valence-corrected chi connectivity index (χ4v) is 2.56. The topological polar surface area (TPSA) is 75.4 Å². The number of halogens is 1. The number of amides is 2. The largest absolute Gasteiger partial charge is 0.399 e. The van der Waals surface area contributed by atoms with Crippen molar-refractivity contribution in [2.45, 2.75) is 20.3 Å². The third kappa shape index (κ3) is 5.77. The molecule has 2 aromatic rings. The maximum atomic E-state index is 12.3. The Morgan fingerprint density at radius 1 is 0.923 bits per heavy atom. The molecule has 2 aromatic carbocycles. The van der Waals surface area contributed by atoms with Crippen molar-refractivity contribution in [3.8, 4) is 0 Å². The standard InChI is InChI=1S/C20H25N3O2.ClH/c1-3-23(4-2)20(25)17-9-7-16(8-10-17)19(24)22-14-13-15-5-11-18(21)12-6-15;/h5-12H,3-4,13-14,21H2,1-2H3,(H,22,24);1H. The number of benzene rings is 2. The summed E-state index contributed by atoms with van der Waals surface area (Å²) in [6.07, 6.45) is 0.741. The fourth-order valence-electron chi connectivity index (χ4n) is 2.56. The molecule has 3 N–H and O–H groups in total. The Morgan fingerprint density at radius 3 is 2.00 bits per heavy atom. The van der Waals surface area contributed by atoms with E-state index in [1.165, 1.54) is 0 Å². The smallest absolute Gasteiger partial charge is 0.253 e. The van der Waals surface area contributed by atoms with Crippen molar-refractivity contribution in [1.82, 2.24) is 10.2 Å². The van der Waals surface area contributed by atoms with Crippen LogP contribution in [0, 0.1) is 0 Å². The molecule has 0 atom stereocenters. The van der Waals surface area contributed by atoms with E-state index in [1.54, 1.807) is 29.2 Å². The molecule has 0 aliphatic rings. The van der Waals surface area contributed by atoms with Gasteiger partial charge in [-0.05, 0) is 62.2 Å². The fraction of sp³-hybridized carbons (Fsp3) is 0.300. The van der Waals surface area contributed by atoms with Crippen LogP contribution in [0.25, 0.3) is 0 Å². The first kappa shape index (κ1) is 21.5. The number of hydrogen-bond donors (Lipinski definition) is 2. The zero-order valence-electron chi connectivity index (χ0n) is 15.2. The van der Waals surface area contributed by atoms with Crippen molar-refractivity contribution in [3.63, 3.8) is 0 Å². The number of carbonyl (C=O) groups is 2. The number of nitrogens with one attached hydrogen (secondary N) is 1. The molecule has 0 unspecified atom stereocenters. The maximum absolute atomic E-state index is 12.3. The molecule has 0 spiro atoms. The number of nitrogens with zero attached hydrogens (tertiary/aromatic N) is 1. The number of rotatable bonds is 7. The summed E-state index contributed by atoms with van der Waals surface area (Å²) >= 11 is 0. The minimum atomic E-state index is -0.141. The molecule has 0 aliphatic carbocycles. The summed E-state index contributed by atoms with van der Waals surface area (Å²) in [5, 5.41) is 2.89. The minimum absolute atomic E-state index is 0. The summed E-state index contributed by atoms with van der Waals surface area (Å²) in [4.78, 5) is 26.2. The van der Waals surface area contributed by atoms with Crippen molar-refractivity contribution < 1.29 is 9.59 Å². The first-order valence-corrected chi connectivity index (χ1v) is 8.57. The average molecular weight is 376 g/mol. The van der Waals surface area contributed by atoms with Gasteiger partial charge >= 0.3 is 0 Å². The van der Waals surface area contributed by atoms with E-state index in [0.717, 1.165) is 17.7 Å². The van der Waals surface area contributed by atoms with Gasteiger partial charge in [-0.25, -0.2) is 0 Å². The molecule has 0 radical (unpaired) electrons. The zero-order valence-corrected chi connectivity index (χ0v) is 16.0. The molecule has 140 valence electrons. The van der Waals surface area contributed by atoms with Gasteiger partial charge in [-0.2, -0.15) is 0 Å². The lowest BCUT2D eigenvalue weighted by atomic mass is 10.1. The van der Waals surface area contributed by atoms with Gasteiger partial charge in [-0.15, -0.1) is 12.4 Å². The third-order valence-corrected chi connectivity index (χ3v) is 4.12. The van der Waals surface area contributed by atoms with Gasteiger partial charge in [0.25, 0.3) is 11.8 Å². The first-order valence-electron chi connectivity index (χ1n) is 8.57. The Bertz CT molecular complexity index is 711. The van der Waals surface area contributed by atoms with Crippen molar-refractivity contribution in [2.75, 3.05) is 25.4 Å². The maximum Gasteiger partial charge on any atom is 0.253 e. The zero-order chi connectivity index (χ0) is 18.2. The molecular formula is C20H26ClN3O2. The monoisotopic (exact) mass is 375 g/mol. The number of anilines is 1. The van der Waals surface area contributed by atoms with E-state index in [9.17, 15) is 9.59 Å². The van der Waals surface area contributed by atoms with Gasteiger partial charge in [-0.1, -0.05) is 12.1 Å². The van der Waals surface area contributed by atoms with Crippen LogP contribution in [-0.2, 0) is 6.42 Å². The molecule has 0 heterocycles. The van der Waals surface area contributed by atoms with Gasteiger partial charge in [0.2, 0.25) is 0 Å². The van der Waals surface area contributed by atoms with Gasteiger partial charge in [0.05, 0.1) is 0 Å². The third-order valence-electron chi connectivity index (χ3n) is 4.12. The molecule has 5 nitrogen and oxygen atoms in total. The van der Waals surface area contributed by atoms with E-state index >= 15 is 0 Å². The molecule has 0 fully saturated rings. The predicted molar refractivity (Wildman–Crippen MR) is 108 cm³/mol. The Morgan fingerprint density at radius 2 is 1.46 bits per heavy atom. The Hall–Kier alpha value is -2.53. The highest BCUT2D eigenvalue weighted by Crippen LogP contribution is 2.09. The van der Waals surface area contributed by atoms with Gasteiger partial charge in [0.1, 0.15) is 0 Å². The second kappa shape index (κ2) is 10.5. The lowest BCUT2D eigenvalue weighted by Gasteiger charge is -2.18. The number of carbonyl (C=O) groups excluding carboxylic acids is 2. The van der Waals surface area contributed by atoms with E-state index in [4.69, 9.17) is 5.73 Å². The summed E-state index contributed by atoms with van der Waals surface area (Å²) in [7, 11) is 0. The van der Waals surface area contributed by atoms with Crippen LogP contribution in [0.15, 0.2) is 48.5 Å². The van der Waals surface area contributed by atoms with E-state index in [2.05, 4.69) is 5.32 Å². The molecule has 0 aliphatic heterocycles. The molecule has 0 bridgehead atoms. The van der Waals surface area contributed by atoms with Crippen molar-refractivity contribution in [2.24, 2.45) is 0 Å². The molecule has 0 aromatic heterocycles. The number of hydrogen-bond acceptors (Lipinski definition) is 3. The SMILES string of the molecule is CCN(CC)C(=O)c1ccc(C(=O)NCCc2ccc(N)cc2)cc1.Cl. The summed E-state index contributed by atoms with van der Waals surface area (Å²) in [5.41, 5.74) is 8.65. The van der Waals surface area contributed by atoms with Crippen LogP contribution in [0.2, 0.25) is 0 Å². The van der Waals surface area contributed by atoms with E-state index in [-0.39, 0.29) is 24.2 Å². The summed E-state index contributed by atoms with van der Waals surface area (Å²) in [6.45, 7) is 5.78. The average Bonchev–Trinajstić information content (AvgIpc) is 2.64. The van der Waals surface area contributed by atoms with Crippen LogP contribution in [0.4, 0.5) is 5.69 Å². The molecular weight excluding hydrogens is 350 g/mol. The van der Waals surface area contributed by atoms with Crippen LogP contribution in [0.5, 0.6) is 0 Å². The molecule has 0 saturated carbocycles.